The molecule has 1 saturated carbocycles. The predicted molar refractivity (Wildman–Crippen MR) is 169 cm³/mol. The molecule has 3 aromatic rings. The summed E-state index contributed by atoms with van der Waals surface area (Å²) >= 11 is 25.6. The van der Waals surface area contributed by atoms with Crippen LogP contribution >= 0.6 is 46.4 Å². The van der Waals surface area contributed by atoms with Crippen molar-refractivity contribution in [2.24, 2.45) is 0 Å². The van der Waals surface area contributed by atoms with Crippen molar-refractivity contribution < 1.29 is 18.0 Å². The minimum atomic E-state index is -4.30. The molecule has 1 atom stereocenters. The predicted octanol–water partition coefficient (Wildman–Crippen LogP) is 7.28. The van der Waals surface area contributed by atoms with Gasteiger partial charge in [-0.15, -0.1) is 0 Å². The molecule has 0 heterocycles. The van der Waals surface area contributed by atoms with E-state index >= 15 is 0 Å². The molecule has 42 heavy (non-hydrogen) atoms. The van der Waals surface area contributed by atoms with Crippen LogP contribution in [0.5, 0.6) is 0 Å². The Morgan fingerprint density at radius 2 is 1.48 bits per heavy atom. The molecule has 3 aromatic carbocycles. The lowest BCUT2D eigenvalue weighted by atomic mass is 10.1. The van der Waals surface area contributed by atoms with Crippen LogP contribution in [0.3, 0.4) is 0 Å². The van der Waals surface area contributed by atoms with Gasteiger partial charge in [-0.25, -0.2) is 8.42 Å². The highest BCUT2D eigenvalue weighted by Crippen LogP contribution is 2.36. The molecule has 12 heteroatoms. The highest BCUT2D eigenvalue weighted by molar-refractivity contribution is 7.92. The Morgan fingerprint density at radius 3 is 2.10 bits per heavy atom. The molecule has 0 aliphatic heterocycles. The maximum Gasteiger partial charge on any atom is 0.264 e. The number of carbonyl (C=O) groups excluding carboxylic acids is 2. The maximum atomic E-state index is 14.1. The topological polar surface area (TPSA) is 86.8 Å². The number of rotatable bonds is 10. The minimum Gasteiger partial charge on any atom is -0.352 e. The lowest BCUT2D eigenvalue weighted by Gasteiger charge is -2.33. The minimum absolute atomic E-state index is 0.0180. The van der Waals surface area contributed by atoms with Gasteiger partial charge in [0.15, 0.2) is 0 Å². The van der Waals surface area contributed by atoms with Crippen LogP contribution in [0.2, 0.25) is 20.1 Å². The number of halogens is 4. The highest BCUT2D eigenvalue weighted by atomic mass is 35.5. The molecule has 0 radical (unpaired) electrons. The standard InChI is InChI=1S/C30H31Cl4N3O4S/c1-19-13-15-22(16-14-19)42(40,41)37(27-12-6-11-26(33)29(27)34)18-28(38)36(17-23-24(31)9-5-10-25(23)32)20(2)30(39)35-21-7-3-4-8-21/h5-6,9-16,20-21H,3-4,7-8,17-18H2,1-2H3,(H,35,39). The van der Waals surface area contributed by atoms with E-state index in [1.807, 2.05) is 6.92 Å². The van der Waals surface area contributed by atoms with Crippen molar-refractivity contribution in [2.45, 2.75) is 63.1 Å². The number of aryl methyl sites for hydroxylation is 1. The molecule has 1 aliphatic carbocycles. The molecular weight excluding hydrogens is 640 g/mol. The molecule has 0 bridgehead atoms. The largest absolute Gasteiger partial charge is 0.352 e. The molecule has 7 nitrogen and oxygen atoms in total. The first-order chi connectivity index (χ1) is 19.9. The Bertz CT molecular complexity index is 1540. The molecule has 1 N–H and O–H groups in total. The zero-order chi connectivity index (χ0) is 30.6. The van der Waals surface area contributed by atoms with E-state index < -0.39 is 28.5 Å². The molecule has 2 amide bonds. The van der Waals surface area contributed by atoms with Crippen LogP contribution in [0, 0.1) is 6.92 Å². The molecule has 224 valence electrons. The van der Waals surface area contributed by atoms with E-state index in [9.17, 15) is 18.0 Å². The third-order valence-electron chi connectivity index (χ3n) is 7.35. The lowest BCUT2D eigenvalue weighted by molar-refractivity contribution is -0.139. The van der Waals surface area contributed by atoms with Crippen LogP contribution in [0.25, 0.3) is 0 Å². The molecule has 4 rings (SSSR count). The third kappa shape index (κ3) is 7.34. The zero-order valence-corrected chi connectivity index (χ0v) is 27.0. The van der Waals surface area contributed by atoms with Gasteiger partial charge in [0.2, 0.25) is 11.8 Å². The van der Waals surface area contributed by atoms with E-state index in [4.69, 9.17) is 46.4 Å². The second-order valence-corrected chi connectivity index (χ2v) is 13.7. The fourth-order valence-electron chi connectivity index (χ4n) is 4.86. The first kappa shape index (κ1) is 32.4. The van der Waals surface area contributed by atoms with E-state index in [-0.39, 0.29) is 39.1 Å². The molecular formula is C30H31Cl4N3O4S. The number of carbonyl (C=O) groups is 2. The van der Waals surface area contributed by atoms with Crippen LogP contribution in [0.4, 0.5) is 5.69 Å². The summed E-state index contributed by atoms with van der Waals surface area (Å²) in [7, 11) is -4.30. The second kappa shape index (κ2) is 13.9. The normalized spacial score (nSPS) is 14.4. The highest BCUT2D eigenvalue weighted by Gasteiger charge is 2.35. The Labute approximate surface area is 266 Å². The van der Waals surface area contributed by atoms with Crippen molar-refractivity contribution in [1.82, 2.24) is 10.2 Å². The molecule has 1 unspecified atom stereocenters. The fraction of sp³-hybridized carbons (Fsp3) is 0.333. The number of hydrogen-bond donors (Lipinski definition) is 1. The average molecular weight is 671 g/mol. The summed E-state index contributed by atoms with van der Waals surface area (Å²) in [6, 6.07) is 14.8. The number of sulfonamides is 1. The van der Waals surface area contributed by atoms with Crippen molar-refractivity contribution in [3.05, 3.63) is 91.9 Å². The molecule has 1 fully saturated rings. The van der Waals surface area contributed by atoms with Crippen molar-refractivity contribution in [3.63, 3.8) is 0 Å². The summed E-state index contributed by atoms with van der Waals surface area (Å²) < 4.78 is 28.9. The first-order valence-corrected chi connectivity index (χ1v) is 16.4. The van der Waals surface area contributed by atoms with Gasteiger partial charge in [0.05, 0.1) is 20.6 Å². The number of nitrogens with zero attached hydrogens (tertiary/aromatic N) is 2. The molecule has 0 saturated heterocycles. The second-order valence-electron chi connectivity index (χ2n) is 10.3. The average Bonchev–Trinajstić information content (AvgIpc) is 3.46. The van der Waals surface area contributed by atoms with E-state index in [1.165, 1.54) is 29.2 Å². The summed E-state index contributed by atoms with van der Waals surface area (Å²) in [6.45, 7) is 2.64. The van der Waals surface area contributed by atoms with Gasteiger partial charge in [0.1, 0.15) is 12.6 Å². The quantitative estimate of drug-likeness (QED) is 0.246. The number of anilines is 1. The van der Waals surface area contributed by atoms with Crippen LogP contribution < -0.4 is 9.62 Å². The molecule has 0 spiro atoms. The third-order valence-corrected chi connectivity index (χ3v) is 10.6. The first-order valence-electron chi connectivity index (χ1n) is 13.5. The van der Waals surface area contributed by atoms with E-state index in [2.05, 4.69) is 5.32 Å². The summed E-state index contributed by atoms with van der Waals surface area (Å²) in [5.74, 6) is -1.01. The van der Waals surface area contributed by atoms with Crippen LogP contribution in [-0.2, 0) is 26.2 Å². The van der Waals surface area contributed by atoms with E-state index in [1.54, 1.807) is 43.3 Å². The fourth-order valence-corrected chi connectivity index (χ4v) is 7.25. The monoisotopic (exact) mass is 669 g/mol. The summed E-state index contributed by atoms with van der Waals surface area (Å²) in [5.41, 5.74) is 1.32. The van der Waals surface area contributed by atoms with Crippen molar-refractivity contribution >= 4 is 73.9 Å². The van der Waals surface area contributed by atoms with Gasteiger partial charge in [0.25, 0.3) is 10.0 Å². The van der Waals surface area contributed by atoms with Gasteiger partial charge in [-0.05, 0) is 63.1 Å². The van der Waals surface area contributed by atoms with Crippen molar-refractivity contribution in [3.8, 4) is 0 Å². The van der Waals surface area contributed by atoms with Gasteiger partial charge in [-0.3, -0.25) is 13.9 Å². The van der Waals surface area contributed by atoms with Gasteiger partial charge in [-0.2, -0.15) is 0 Å². The van der Waals surface area contributed by atoms with Crippen LogP contribution in [0.15, 0.2) is 65.6 Å². The number of amides is 2. The smallest absolute Gasteiger partial charge is 0.264 e. The zero-order valence-electron chi connectivity index (χ0n) is 23.1. The van der Waals surface area contributed by atoms with Crippen molar-refractivity contribution in [2.75, 3.05) is 10.8 Å². The Balaban J connectivity index is 1.75. The van der Waals surface area contributed by atoms with Crippen LogP contribution in [0.1, 0.15) is 43.7 Å². The van der Waals surface area contributed by atoms with Gasteiger partial charge < -0.3 is 10.2 Å². The van der Waals surface area contributed by atoms with Crippen molar-refractivity contribution in [1.29, 1.82) is 0 Å². The summed E-state index contributed by atoms with van der Waals surface area (Å²) in [5, 5.41) is 3.73. The Morgan fingerprint density at radius 1 is 0.905 bits per heavy atom. The van der Waals surface area contributed by atoms with Gasteiger partial charge in [0, 0.05) is 28.2 Å². The van der Waals surface area contributed by atoms with Crippen LogP contribution in [-0.4, -0.2) is 43.8 Å². The van der Waals surface area contributed by atoms with Gasteiger partial charge >= 0.3 is 0 Å². The number of hydrogen-bond acceptors (Lipinski definition) is 4. The summed E-state index contributed by atoms with van der Waals surface area (Å²) in [4.78, 5) is 28.8. The SMILES string of the molecule is Cc1ccc(S(=O)(=O)N(CC(=O)N(Cc2c(Cl)cccc2Cl)C(C)C(=O)NC2CCCC2)c2cccc(Cl)c2Cl)cc1. The Hall–Kier alpha value is -2.49. The summed E-state index contributed by atoms with van der Waals surface area (Å²) in [6.07, 6.45) is 3.75. The molecule has 0 aromatic heterocycles. The number of nitrogens with one attached hydrogen (secondary N) is 1. The number of benzene rings is 3. The molecule has 1 aliphatic rings. The van der Waals surface area contributed by atoms with Gasteiger partial charge in [-0.1, -0.05) is 89.1 Å². The lowest BCUT2D eigenvalue weighted by Crippen LogP contribution is -2.52. The Kier molecular flexibility index (Phi) is 10.7. The van der Waals surface area contributed by atoms with E-state index in [0.29, 0.717) is 15.6 Å². The van der Waals surface area contributed by atoms with E-state index in [0.717, 1.165) is 35.6 Å². The maximum absolute atomic E-state index is 14.1.